The maximum Gasteiger partial charge on any atom is 0.226 e. The minimum absolute atomic E-state index is 0.238. The first-order chi connectivity index (χ1) is 8.33. The molecular weight excluding hydrogens is 212 g/mol. The summed E-state index contributed by atoms with van der Waals surface area (Å²) >= 11 is 0. The molecule has 0 saturated carbocycles. The molecule has 1 amide bonds. The third kappa shape index (κ3) is 3.09. The van der Waals surface area contributed by atoms with Crippen LogP contribution in [0.25, 0.3) is 0 Å². The fourth-order valence-electron chi connectivity index (χ4n) is 2.95. The number of nitrogens with zero attached hydrogens (tertiary/aromatic N) is 1. The second-order valence-corrected chi connectivity index (χ2v) is 5.11. The van der Waals surface area contributed by atoms with Crippen molar-refractivity contribution in [2.24, 2.45) is 5.92 Å². The smallest absolute Gasteiger partial charge is 0.226 e. The first-order valence-corrected chi connectivity index (χ1v) is 6.99. The lowest BCUT2D eigenvalue weighted by Gasteiger charge is -2.36. The zero-order valence-electron chi connectivity index (χ0n) is 10.8. The Kier molecular flexibility index (Phi) is 4.60. The fourth-order valence-corrected chi connectivity index (χ4v) is 2.95. The van der Waals surface area contributed by atoms with E-state index >= 15 is 0 Å². The molecule has 3 heteroatoms. The van der Waals surface area contributed by atoms with Crippen LogP contribution in [0.4, 0.5) is 0 Å². The molecule has 0 aromatic carbocycles. The average Bonchev–Trinajstić information content (AvgIpc) is 2.42. The molecule has 17 heavy (non-hydrogen) atoms. The SMILES string of the molecule is CCN(C(=O)C1CC=CCC1)C1CCCNC1. The van der Waals surface area contributed by atoms with E-state index in [0.717, 1.165) is 45.3 Å². The molecule has 0 radical (unpaired) electrons. The Bertz CT molecular complexity index is 282. The van der Waals surface area contributed by atoms with Gasteiger partial charge >= 0.3 is 0 Å². The Morgan fingerprint density at radius 1 is 1.41 bits per heavy atom. The van der Waals surface area contributed by atoms with E-state index in [9.17, 15) is 4.79 Å². The molecule has 0 aromatic rings. The van der Waals surface area contributed by atoms with Gasteiger partial charge in [0.15, 0.2) is 0 Å². The van der Waals surface area contributed by atoms with E-state index in [4.69, 9.17) is 0 Å². The largest absolute Gasteiger partial charge is 0.338 e. The normalized spacial score (nSPS) is 29.0. The van der Waals surface area contributed by atoms with E-state index < -0.39 is 0 Å². The average molecular weight is 236 g/mol. The van der Waals surface area contributed by atoms with Gasteiger partial charge in [-0.2, -0.15) is 0 Å². The second kappa shape index (κ2) is 6.20. The van der Waals surface area contributed by atoms with E-state index in [1.807, 2.05) is 0 Å². The van der Waals surface area contributed by atoms with Crippen LogP contribution in [0, 0.1) is 5.92 Å². The van der Waals surface area contributed by atoms with Crippen molar-refractivity contribution in [3.63, 3.8) is 0 Å². The van der Waals surface area contributed by atoms with Crippen LogP contribution in [0.2, 0.25) is 0 Å². The van der Waals surface area contributed by atoms with Crippen molar-refractivity contribution >= 4 is 5.91 Å². The zero-order chi connectivity index (χ0) is 12.1. The quantitative estimate of drug-likeness (QED) is 0.760. The molecule has 0 bridgehead atoms. The molecule has 2 rings (SSSR count). The molecule has 1 heterocycles. The van der Waals surface area contributed by atoms with Gasteiger partial charge in [0.2, 0.25) is 5.91 Å². The summed E-state index contributed by atoms with van der Waals surface area (Å²) in [6.45, 7) is 5.03. The van der Waals surface area contributed by atoms with Crippen molar-refractivity contribution < 1.29 is 4.79 Å². The highest BCUT2D eigenvalue weighted by Gasteiger charge is 2.29. The summed E-state index contributed by atoms with van der Waals surface area (Å²) in [5.41, 5.74) is 0. The van der Waals surface area contributed by atoms with Gasteiger partial charge in [-0.25, -0.2) is 0 Å². The third-order valence-corrected chi connectivity index (χ3v) is 3.95. The molecule has 0 spiro atoms. The molecular formula is C14H24N2O. The van der Waals surface area contributed by atoms with Gasteiger partial charge in [-0.15, -0.1) is 0 Å². The number of hydrogen-bond acceptors (Lipinski definition) is 2. The van der Waals surface area contributed by atoms with Gasteiger partial charge in [0.25, 0.3) is 0 Å². The van der Waals surface area contributed by atoms with Crippen molar-refractivity contribution in [1.29, 1.82) is 0 Å². The number of carbonyl (C=O) groups is 1. The lowest BCUT2D eigenvalue weighted by Crippen LogP contribution is -2.50. The van der Waals surface area contributed by atoms with Crippen LogP contribution in [0.5, 0.6) is 0 Å². The minimum Gasteiger partial charge on any atom is -0.338 e. The van der Waals surface area contributed by atoms with Crippen molar-refractivity contribution in [2.45, 2.75) is 45.1 Å². The van der Waals surface area contributed by atoms with E-state index in [1.165, 1.54) is 6.42 Å². The van der Waals surface area contributed by atoms with Crippen molar-refractivity contribution in [3.05, 3.63) is 12.2 Å². The van der Waals surface area contributed by atoms with Crippen molar-refractivity contribution in [2.75, 3.05) is 19.6 Å². The number of carbonyl (C=O) groups excluding carboxylic acids is 1. The Balaban J connectivity index is 1.96. The maximum atomic E-state index is 12.5. The Morgan fingerprint density at radius 3 is 2.88 bits per heavy atom. The summed E-state index contributed by atoms with van der Waals surface area (Å²) in [5, 5.41) is 3.40. The summed E-state index contributed by atoms with van der Waals surface area (Å²) in [4.78, 5) is 14.6. The van der Waals surface area contributed by atoms with Gasteiger partial charge in [0.05, 0.1) is 0 Å². The number of hydrogen-bond donors (Lipinski definition) is 1. The Hall–Kier alpha value is -0.830. The molecule has 1 aliphatic carbocycles. The van der Waals surface area contributed by atoms with E-state index in [0.29, 0.717) is 11.9 Å². The molecule has 1 aliphatic heterocycles. The molecule has 1 N–H and O–H groups in total. The molecule has 2 unspecified atom stereocenters. The predicted molar refractivity (Wildman–Crippen MR) is 69.8 cm³/mol. The third-order valence-electron chi connectivity index (χ3n) is 3.95. The highest BCUT2D eigenvalue weighted by Crippen LogP contribution is 2.22. The first-order valence-electron chi connectivity index (χ1n) is 6.99. The Labute approximate surface area is 104 Å². The number of amides is 1. The molecule has 2 atom stereocenters. The van der Waals surface area contributed by atoms with Crippen LogP contribution in [0.1, 0.15) is 39.0 Å². The van der Waals surface area contributed by atoms with Crippen LogP contribution in [-0.4, -0.2) is 36.5 Å². The topological polar surface area (TPSA) is 32.3 Å². The van der Waals surface area contributed by atoms with Crippen LogP contribution in [-0.2, 0) is 4.79 Å². The summed E-state index contributed by atoms with van der Waals surface area (Å²) in [7, 11) is 0. The van der Waals surface area contributed by atoms with Crippen LogP contribution >= 0.6 is 0 Å². The lowest BCUT2D eigenvalue weighted by molar-refractivity contribution is -0.138. The predicted octanol–water partition coefficient (Wildman–Crippen LogP) is 1.94. The van der Waals surface area contributed by atoms with Gasteiger partial charge < -0.3 is 10.2 Å². The highest BCUT2D eigenvalue weighted by molar-refractivity contribution is 5.79. The fraction of sp³-hybridized carbons (Fsp3) is 0.786. The molecule has 2 aliphatic rings. The van der Waals surface area contributed by atoms with Gasteiger partial charge in [-0.3, -0.25) is 4.79 Å². The van der Waals surface area contributed by atoms with Crippen LogP contribution < -0.4 is 5.32 Å². The minimum atomic E-state index is 0.238. The summed E-state index contributed by atoms with van der Waals surface area (Å²) in [6.07, 6.45) is 9.76. The number of piperidine rings is 1. The van der Waals surface area contributed by atoms with E-state index in [-0.39, 0.29) is 5.92 Å². The zero-order valence-corrected chi connectivity index (χ0v) is 10.8. The summed E-state index contributed by atoms with van der Waals surface area (Å²) in [6, 6.07) is 0.423. The first kappa shape index (κ1) is 12.6. The Morgan fingerprint density at radius 2 is 2.29 bits per heavy atom. The molecule has 1 fully saturated rings. The molecule has 96 valence electrons. The van der Waals surface area contributed by atoms with Gasteiger partial charge in [0, 0.05) is 25.0 Å². The standard InChI is InChI=1S/C14H24N2O/c1-2-16(13-9-6-10-15-11-13)14(17)12-7-4-3-5-8-12/h3-4,12-13,15H,2,5-11H2,1H3. The van der Waals surface area contributed by atoms with Crippen molar-refractivity contribution in [1.82, 2.24) is 10.2 Å². The van der Waals surface area contributed by atoms with E-state index in [2.05, 4.69) is 29.3 Å². The second-order valence-electron chi connectivity index (χ2n) is 5.11. The summed E-state index contributed by atoms with van der Waals surface area (Å²) in [5.74, 6) is 0.618. The van der Waals surface area contributed by atoms with Crippen LogP contribution in [0.15, 0.2) is 12.2 Å². The molecule has 0 aromatic heterocycles. The van der Waals surface area contributed by atoms with Gasteiger partial charge in [-0.05, 0) is 45.6 Å². The number of rotatable bonds is 3. The molecule has 3 nitrogen and oxygen atoms in total. The monoisotopic (exact) mass is 236 g/mol. The van der Waals surface area contributed by atoms with E-state index in [1.54, 1.807) is 0 Å². The summed E-state index contributed by atoms with van der Waals surface area (Å²) < 4.78 is 0. The number of likely N-dealkylation sites (N-methyl/N-ethyl adjacent to an activating group) is 1. The van der Waals surface area contributed by atoms with Gasteiger partial charge in [0.1, 0.15) is 0 Å². The van der Waals surface area contributed by atoms with Gasteiger partial charge in [-0.1, -0.05) is 12.2 Å². The lowest BCUT2D eigenvalue weighted by atomic mass is 9.92. The van der Waals surface area contributed by atoms with Crippen molar-refractivity contribution in [3.8, 4) is 0 Å². The highest BCUT2D eigenvalue weighted by atomic mass is 16.2. The number of allylic oxidation sites excluding steroid dienone is 2. The number of nitrogens with one attached hydrogen (secondary N) is 1. The van der Waals surface area contributed by atoms with Crippen LogP contribution in [0.3, 0.4) is 0 Å². The molecule has 1 saturated heterocycles. The maximum absolute atomic E-state index is 12.5.